The van der Waals surface area contributed by atoms with Crippen LogP contribution in [-0.4, -0.2) is 34.0 Å². The molecule has 5 nitrogen and oxygen atoms in total. The van der Waals surface area contributed by atoms with Crippen LogP contribution in [0.4, 0.5) is 0 Å². The predicted octanol–water partition coefficient (Wildman–Crippen LogP) is 3.74. The molecule has 1 heterocycles. The van der Waals surface area contributed by atoms with E-state index in [9.17, 15) is 0 Å². The van der Waals surface area contributed by atoms with E-state index in [1.807, 2.05) is 26.0 Å². The minimum absolute atomic E-state index is 0.0768. The summed E-state index contributed by atoms with van der Waals surface area (Å²) in [5.74, 6) is 3.08. The van der Waals surface area contributed by atoms with E-state index >= 15 is 0 Å². The van der Waals surface area contributed by atoms with E-state index in [1.165, 1.54) is 11.1 Å². The number of ether oxygens (including phenoxy) is 4. The van der Waals surface area contributed by atoms with Crippen LogP contribution in [0.1, 0.15) is 36.6 Å². The van der Waals surface area contributed by atoms with Crippen molar-refractivity contribution in [3.8, 4) is 23.0 Å². The van der Waals surface area contributed by atoms with Crippen LogP contribution < -0.4 is 24.3 Å². The van der Waals surface area contributed by atoms with E-state index in [0.29, 0.717) is 13.2 Å². The first-order valence-electron chi connectivity index (χ1n) is 9.09. The molecule has 2 aromatic rings. The fourth-order valence-electron chi connectivity index (χ4n) is 3.43. The molecule has 0 bridgehead atoms. The normalized spacial score (nSPS) is 15.9. The Hall–Kier alpha value is -2.40. The van der Waals surface area contributed by atoms with Crippen molar-refractivity contribution in [2.45, 2.75) is 26.3 Å². The van der Waals surface area contributed by atoms with E-state index in [4.69, 9.17) is 18.9 Å². The number of fused-ring (bicyclic) bond motifs is 1. The van der Waals surface area contributed by atoms with Crippen LogP contribution in [0.15, 0.2) is 30.3 Å². The number of hydrogen-bond acceptors (Lipinski definition) is 5. The van der Waals surface area contributed by atoms with E-state index in [1.54, 1.807) is 14.2 Å². The summed E-state index contributed by atoms with van der Waals surface area (Å²) in [5, 5.41) is 3.60. The summed E-state index contributed by atoms with van der Waals surface area (Å²) in [6.45, 7) is 6.08. The largest absolute Gasteiger partial charge is 0.493 e. The lowest BCUT2D eigenvalue weighted by molar-refractivity contribution is 0.309. The minimum Gasteiger partial charge on any atom is -0.493 e. The molecule has 1 aliphatic heterocycles. The van der Waals surface area contributed by atoms with Gasteiger partial charge in [-0.05, 0) is 61.2 Å². The number of hydrogen-bond donors (Lipinski definition) is 1. The van der Waals surface area contributed by atoms with Gasteiger partial charge in [0.1, 0.15) is 0 Å². The highest BCUT2D eigenvalue weighted by Gasteiger charge is 2.25. The van der Waals surface area contributed by atoms with Gasteiger partial charge < -0.3 is 24.3 Å². The molecule has 5 heteroatoms. The van der Waals surface area contributed by atoms with E-state index < -0.39 is 0 Å². The first-order chi connectivity index (χ1) is 12.7. The van der Waals surface area contributed by atoms with Crippen molar-refractivity contribution in [2.75, 3.05) is 34.0 Å². The Balaban J connectivity index is 2.01. The van der Waals surface area contributed by atoms with Gasteiger partial charge in [-0.1, -0.05) is 6.07 Å². The lowest BCUT2D eigenvalue weighted by Gasteiger charge is -2.29. The first-order valence-corrected chi connectivity index (χ1v) is 9.09. The number of rotatable bonds is 7. The highest BCUT2D eigenvalue weighted by molar-refractivity contribution is 5.53. The molecule has 0 spiro atoms. The highest BCUT2D eigenvalue weighted by Crippen LogP contribution is 2.39. The Kier molecular flexibility index (Phi) is 5.89. The fraction of sp³-hybridized carbons (Fsp3) is 0.429. The fourth-order valence-corrected chi connectivity index (χ4v) is 3.43. The summed E-state index contributed by atoms with van der Waals surface area (Å²) in [7, 11) is 3.34. The number of benzene rings is 2. The van der Waals surface area contributed by atoms with Gasteiger partial charge in [0, 0.05) is 6.54 Å². The van der Waals surface area contributed by atoms with Gasteiger partial charge >= 0.3 is 0 Å². The molecule has 0 saturated heterocycles. The molecule has 2 aromatic carbocycles. The molecule has 1 unspecified atom stereocenters. The summed E-state index contributed by atoms with van der Waals surface area (Å²) in [6, 6.07) is 10.4. The van der Waals surface area contributed by atoms with Crippen LogP contribution in [0.2, 0.25) is 0 Å². The Morgan fingerprint density at radius 3 is 2.27 bits per heavy atom. The molecule has 0 radical (unpaired) electrons. The van der Waals surface area contributed by atoms with Crippen molar-refractivity contribution in [1.82, 2.24) is 5.32 Å². The van der Waals surface area contributed by atoms with Gasteiger partial charge in [-0.25, -0.2) is 0 Å². The Morgan fingerprint density at radius 1 is 0.885 bits per heavy atom. The summed E-state index contributed by atoms with van der Waals surface area (Å²) < 4.78 is 22.4. The first kappa shape index (κ1) is 18.4. The summed E-state index contributed by atoms with van der Waals surface area (Å²) in [5.41, 5.74) is 3.63. The molecule has 1 N–H and O–H groups in total. The second-order valence-corrected chi connectivity index (χ2v) is 6.12. The smallest absolute Gasteiger partial charge is 0.161 e. The molecule has 3 rings (SSSR count). The number of nitrogens with one attached hydrogen (secondary N) is 1. The van der Waals surface area contributed by atoms with Crippen molar-refractivity contribution in [3.63, 3.8) is 0 Å². The zero-order valence-electron chi connectivity index (χ0n) is 15.9. The molecule has 140 valence electrons. The molecule has 1 atom stereocenters. The van der Waals surface area contributed by atoms with Gasteiger partial charge in [0.15, 0.2) is 23.0 Å². The van der Waals surface area contributed by atoms with Crippen molar-refractivity contribution in [3.05, 3.63) is 47.0 Å². The second-order valence-electron chi connectivity index (χ2n) is 6.12. The highest BCUT2D eigenvalue weighted by atomic mass is 16.5. The second kappa shape index (κ2) is 8.32. The average molecular weight is 357 g/mol. The number of methoxy groups -OCH3 is 2. The molecular weight excluding hydrogens is 330 g/mol. The predicted molar refractivity (Wildman–Crippen MR) is 102 cm³/mol. The standard InChI is InChI=1S/C21H27NO4/c1-5-25-17-8-7-15(12-18(17)23-3)21-16-13-19(24-4)20(26-6-2)11-14(16)9-10-22-21/h7-8,11-13,21-22H,5-6,9-10H2,1-4H3. The average Bonchev–Trinajstić information content (AvgIpc) is 2.67. The molecule has 0 fully saturated rings. The van der Waals surface area contributed by atoms with Crippen molar-refractivity contribution in [1.29, 1.82) is 0 Å². The molecule has 0 saturated carbocycles. The molecule has 26 heavy (non-hydrogen) atoms. The minimum atomic E-state index is 0.0768. The quantitative estimate of drug-likeness (QED) is 0.818. The maximum absolute atomic E-state index is 5.73. The van der Waals surface area contributed by atoms with Crippen molar-refractivity contribution in [2.24, 2.45) is 0 Å². The molecule has 0 aliphatic carbocycles. The van der Waals surface area contributed by atoms with Crippen LogP contribution in [0.5, 0.6) is 23.0 Å². The van der Waals surface area contributed by atoms with Gasteiger partial charge in [-0.2, -0.15) is 0 Å². The summed E-state index contributed by atoms with van der Waals surface area (Å²) in [4.78, 5) is 0. The SMILES string of the molecule is CCOc1ccc(C2NCCc3cc(OCC)c(OC)cc32)cc1OC. The molecule has 1 aliphatic rings. The maximum Gasteiger partial charge on any atom is 0.161 e. The summed E-state index contributed by atoms with van der Waals surface area (Å²) >= 11 is 0. The Bertz CT molecular complexity index is 760. The van der Waals surface area contributed by atoms with Gasteiger partial charge in [-0.15, -0.1) is 0 Å². The van der Waals surface area contributed by atoms with Gasteiger partial charge in [0.25, 0.3) is 0 Å². The third-order valence-electron chi connectivity index (χ3n) is 4.60. The molecule has 0 aromatic heterocycles. The van der Waals surface area contributed by atoms with Gasteiger partial charge in [0.2, 0.25) is 0 Å². The van der Waals surface area contributed by atoms with Gasteiger partial charge in [-0.3, -0.25) is 0 Å². The monoisotopic (exact) mass is 357 g/mol. The third-order valence-corrected chi connectivity index (χ3v) is 4.60. The van der Waals surface area contributed by atoms with E-state index in [0.717, 1.165) is 41.5 Å². The van der Waals surface area contributed by atoms with Gasteiger partial charge in [0.05, 0.1) is 33.5 Å². The van der Waals surface area contributed by atoms with Crippen LogP contribution >= 0.6 is 0 Å². The van der Waals surface area contributed by atoms with Crippen LogP contribution in [0.3, 0.4) is 0 Å². The third kappa shape index (κ3) is 3.58. The topological polar surface area (TPSA) is 49.0 Å². The van der Waals surface area contributed by atoms with Crippen LogP contribution in [0.25, 0.3) is 0 Å². The lowest BCUT2D eigenvalue weighted by Crippen LogP contribution is -2.30. The maximum atomic E-state index is 5.73. The zero-order valence-corrected chi connectivity index (χ0v) is 15.9. The van der Waals surface area contributed by atoms with Crippen molar-refractivity contribution >= 4 is 0 Å². The van der Waals surface area contributed by atoms with Crippen LogP contribution in [-0.2, 0) is 6.42 Å². The zero-order chi connectivity index (χ0) is 18.5. The lowest BCUT2D eigenvalue weighted by atomic mass is 9.89. The summed E-state index contributed by atoms with van der Waals surface area (Å²) in [6.07, 6.45) is 0.962. The van der Waals surface area contributed by atoms with Crippen LogP contribution in [0, 0.1) is 0 Å². The van der Waals surface area contributed by atoms with E-state index in [2.05, 4.69) is 23.5 Å². The Morgan fingerprint density at radius 2 is 1.58 bits per heavy atom. The Labute approximate surface area is 155 Å². The molecule has 0 amide bonds. The van der Waals surface area contributed by atoms with E-state index in [-0.39, 0.29) is 6.04 Å². The van der Waals surface area contributed by atoms with Crippen molar-refractivity contribution < 1.29 is 18.9 Å². The molecular formula is C21H27NO4.